The van der Waals surface area contributed by atoms with Crippen LogP contribution in [0.25, 0.3) is 0 Å². The quantitative estimate of drug-likeness (QED) is 0.676. The molecule has 0 saturated carbocycles. The molecule has 0 unspecified atom stereocenters. The first-order chi connectivity index (χ1) is 12.7. The number of aryl methyl sites for hydroxylation is 3. The Bertz CT molecular complexity index is 915. The van der Waals surface area contributed by atoms with Gasteiger partial charge in [-0.1, -0.05) is 0 Å². The summed E-state index contributed by atoms with van der Waals surface area (Å²) in [6, 6.07) is 20.3. The summed E-state index contributed by atoms with van der Waals surface area (Å²) in [6.07, 6.45) is 0. The second kappa shape index (κ2) is 6.90. The minimum absolute atomic E-state index is 0.172. The van der Waals surface area contributed by atoms with Crippen molar-refractivity contribution in [3.8, 4) is 0 Å². The van der Waals surface area contributed by atoms with Crippen molar-refractivity contribution in [1.29, 1.82) is 0 Å². The molecule has 0 fully saturated rings. The molecule has 0 aromatic heterocycles. The summed E-state index contributed by atoms with van der Waals surface area (Å²) in [5.41, 5.74) is 2.84. The Labute approximate surface area is 159 Å². The van der Waals surface area contributed by atoms with Gasteiger partial charge in [-0.3, -0.25) is 0 Å². The number of carbonyl (C=O) groups excluding carboxylic acids is 1. The Morgan fingerprint density at radius 2 is 1.19 bits per heavy atom. The van der Waals surface area contributed by atoms with Gasteiger partial charge < -0.3 is 0 Å². The number of carbonyl (C=O) groups is 1. The van der Waals surface area contributed by atoms with Crippen LogP contribution < -0.4 is 10.6 Å². The minimum atomic E-state index is -5.16. The average Bonchev–Trinajstić information content (AvgIpc) is 2.62. The van der Waals surface area contributed by atoms with Crippen LogP contribution in [0.5, 0.6) is 0 Å². The SMILES string of the molecule is Cc1cc(C)c(C(=O)OP(O)(O)(c2ccccc2)c2ccccc2)c(C)c1. The fraction of sp³-hybridized carbons (Fsp3) is 0.136. The van der Waals surface area contributed by atoms with Crippen LogP contribution in [0.3, 0.4) is 0 Å². The zero-order valence-electron chi connectivity index (χ0n) is 15.6. The third-order valence-corrected chi connectivity index (χ3v) is 7.55. The van der Waals surface area contributed by atoms with Gasteiger partial charge >= 0.3 is 159 Å². The van der Waals surface area contributed by atoms with Crippen LogP contribution in [0.15, 0.2) is 72.8 Å². The first-order valence-corrected chi connectivity index (χ1v) is 10.7. The topological polar surface area (TPSA) is 66.8 Å². The zero-order valence-corrected chi connectivity index (χ0v) is 16.5. The van der Waals surface area contributed by atoms with E-state index < -0.39 is 13.3 Å². The second-order valence-electron chi connectivity index (χ2n) is 6.77. The molecule has 140 valence electrons. The van der Waals surface area contributed by atoms with Gasteiger partial charge in [0.15, 0.2) is 0 Å². The van der Waals surface area contributed by atoms with Crippen LogP contribution in [-0.2, 0) is 4.52 Å². The molecule has 0 bridgehead atoms. The third kappa shape index (κ3) is 3.52. The molecule has 0 heterocycles. The number of benzene rings is 3. The standard InChI is InChI=1S/C22H23O4P/c1-16-14-17(2)21(18(3)15-16)22(23)26-27(24,25,19-10-6-4-7-11-19)20-12-8-5-9-13-20/h4-15,24-25H,1-3H3. The van der Waals surface area contributed by atoms with E-state index in [1.54, 1.807) is 60.7 Å². The van der Waals surface area contributed by atoms with Crippen molar-refractivity contribution in [3.63, 3.8) is 0 Å². The number of hydrogen-bond acceptors (Lipinski definition) is 4. The fourth-order valence-electron chi connectivity index (χ4n) is 3.35. The van der Waals surface area contributed by atoms with E-state index in [9.17, 15) is 14.6 Å². The van der Waals surface area contributed by atoms with E-state index in [1.807, 2.05) is 32.9 Å². The van der Waals surface area contributed by atoms with E-state index in [2.05, 4.69) is 0 Å². The number of rotatable bonds is 4. The third-order valence-electron chi connectivity index (χ3n) is 4.58. The molecular formula is C22H23O4P. The Morgan fingerprint density at radius 3 is 1.59 bits per heavy atom. The maximum absolute atomic E-state index is 13.1. The predicted octanol–water partition coefficient (Wildman–Crippen LogP) is 3.70. The maximum atomic E-state index is 13.1. The fourth-order valence-corrected chi connectivity index (χ4v) is 5.69. The van der Waals surface area contributed by atoms with E-state index in [0.717, 1.165) is 16.7 Å². The van der Waals surface area contributed by atoms with Gasteiger partial charge in [-0.05, 0) is 0 Å². The normalized spacial score (nSPS) is 12.9. The van der Waals surface area contributed by atoms with Crippen LogP contribution >= 0.6 is 7.28 Å². The predicted molar refractivity (Wildman–Crippen MR) is 110 cm³/mol. The Kier molecular flexibility index (Phi) is 4.92. The van der Waals surface area contributed by atoms with Gasteiger partial charge in [-0.15, -0.1) is 0 Å². The summed E-state index contributed by atoms with van der Waals surface area (Å²) in [5, 5.41) is 0.343. The molecule has 0 aliphatic carbocycles. The van der Waals surface area contributed by atoms with Crippen molar-refractivity contribution in [1.82, 2.24) is 0 Å². The molecular weight excluding hydrogens is 359 g/mol. The van der Waals surface area contributed by atoms with E-state index in [0.29, 0.717) is 5.56 Å². The van der Waals surface area contributed by atoms with Crippen molar-refractivity contribution in [2.45, 2.75) is 20.8 Å². The van der Waals surface area contributed by atoms with Crippen molar-refractivity contribution in [2.75, 3.05) is 0 Å². The molecule has 5 heteroatoms. The monoisotopic (exact) mass is 382 g/mol. The van der Waals surface area contributed by atoms with Gasteiger partial charge in [0, 0.05) is 0 Å². The Balaban J connectivity index is 2.16. The molecule has 0 amide bonds. The van der Waals surface area contributed by atoms with Gasteiger partial charge in [0.05, 0.1) is 0 Å². The number of hydrogen-bond donors (Lipinski definition) is 2. The molecule has 0 spiro atoms. The summed E-state index contributed by atoms with van der Waals surface area (Å²) in [4.78, 5) is 36.1. The summed E-state index contributed by atoms with van der Waals surface area (Å²) in [5.74, 6) is -0.750. The molecule has 0 atom stereocenters. The molecule has 0 saturated heterocycles. The Hall–Kier alpha value is -2.52. The molecule has 0 aliphatic heterocycles. The summed E-state index contributed by atoms with van der Waals surface area (Å²) >= 11 is 0. The second-order valence-corrected chi connectivity index (χ2v) is 9.88. The van der Waals surface area contributed by atoms with Crippen LogP contribution in [0.2, 0.25) is 0 Å². The van der Waals surface area contributed by atoms with Crippen molar-refractivity contribution >= 4 is 23.9 Å². The van der Waals surface area contributed by atoms with Crippen LogP contribution in [-0.4, -0.2) is 15.8 Å². The van der Waals surface area contributed by atoms with Gasteiger partial charge in [0.25, 0.3) is 0 Å². The average molecular weight is 382 g/mol. The molecule has 3 aromatic carbocycles. The van der Waals surface area contributed by atoms with E-state index in [-0.39, 0.29) is 10.6 Å². The van der Waals surface area contributed by atoms with Crippen LogP contribution in [0.1, 0.15) is 27.0 Å². The Morgan fingerprint density at radius 1 is 0.778 bits per heavy atom. The van der Waals surface area contributed by atoms with Crippen molar-refractivity contribution in [2.24, 2.45) is 0 Å². The summed E-state index contributed by atoms with van der Waals surface area (Å²) in [6.45, 7) is 5.57. The molecule has 27 heavy (non-hydrogen) atoms. The van der Waals surface area contributed by atoms with Gasteiger partial charge in [-0.25, -0.2) is 0 Å². The van der Waals surface area contributed by atoms with Gasteiger partial charge in [-0.2, -0.15) is 0 Å². The van der Waals surface area contributed by atoms with Crippen molar-refractivity contribution < 1.29 is 19.1 Å². The van der Waals surface area contributed by atoms with E-state index in [1.165, 1.54) is 0 Å². The first-order valence-electron chi connectivity index (χ1n) is 8.66. The van der Waals surface area contributed by atoms with Gasteiger partial charge in [0.1, 0.15) is 0 Å². The molecule has 3 aromatic rings. The molecule has 3 rings (SSSR count). The molecule has 2 N–H and O–H groups in total. The van der Waals surface area contributed by atoms with Crippen molar-refractivity contribution in [3.05, 3.63) is 95.1 Å². The first kappa shape index (κ1) is 19.2. The summed E-state index contributed by atoms with van der Waals surface area (Å²) < 4.78 is 5.59. The molecule has 0 radical (unpaired) electrons. The zero-order chi connectivity index (χ0) is 19.7. The van der Waals surface area contributed by atoms with Gasteiger partial charge in [0.2, 0.25) is 0 Å². The molecule has 4 nitrogen and oxygen atoms in total. The summed E-state index contributed by atoms with van der Waals surface area (Å²) in [7, 11) is -5.16. The van der Waals surface area contributed by atoms with Crippen LogP contribution in [0.4, 0.5) is 0 Å². The van der Waals surface area contributed by atoms with Crippen LogP contribution in [0, 0.1) is 20.8 Å². The van der Waals surface area contributed by atoms with E-state index in [4.69, 9.17) is 4.52 Å². The molecule has 0 aliphatic rings. The van der Waals surface area contributed by atoms with E-state index >= 15 is 0 Å².